The van der Waals surface area contributed by atoms with Crippen molar-refractivity contribution in [1.29, 1.82) is 0 Å². The van der Waals surface area contributed by atoms with Gasteiger partial charge in [0, 0.05) is 87.6 Å². The van der Waals surface area contributed by atoms with Gasteiger partial charge in [0.2, 0.25) is 0 Å². The van der Waals surface area contributed by atoms with Crippen LogP contribution in [-0.2, 0) is 0 Å². The van der Waals surface area contributed by atoms with Crippen LogP contribution in [0.15, 0.2) is 441 Å². The van der Waals surface area contributed by atoms with Crippen LogP contribution in [0.5, 0.6) is 0 Å². The number of fused-ring (bicyclic) bond motifs is 18. The molecule has 0 aliphatic carbocycles. The summed E-state index contributed by atoms with van der Waals surface area (Å²) in [7, 11) is 0. The number of rotatable bonds is 14. The second-order valence-electron chi connectivity index (χ2n) is 31.5. The highest BCUT2D eigenvalue weighted by atomic mass is 32.1. The van der Waals surface area contributed by atoms with Gasteiger partial charge in [0.25, 0.3) is 0 Å². The van der Waals surface area contributed by atoms with Crippen molar-refractivity contribution < 1.29 is 4.42 Å². The molecule has 4 heterocycles. The summed E-state index contributed by atoms with van der Waals surface area (Å²) < 4.78 is 13.6. The van der Waals surface area contributed by atoms with Crippen LogP contribution >= 0.6 is 11.3 Å². The van der Waals surface area contributed by atoms with Gasteiger partial charge < -0.3 is 23.4 Å². The Hall–Kier alpha value is -15.6. The Morgan fingerprint density at radius 3 is 1.02 bits per heavy atom. The predicted octanol–water partition coefficient (Wildman–Crippen LogP) is 32.5. The van der Waals surface area contributed by atoms with E-state index in [4.69, 9.17) is 4.42 Å². The van der Waals surface area contributed by atoms with Crippen LogP contribution in [0.3, 0.4) is 0 Å². The Kier molecular flexibility index (Phi) is 16.1. The first-order chi connectivity index (χ1) is 59.5. The number of thiophene rings is 1. The minimum absolute atomic E-state index is 0.891. The van der Waals surface area contributed by atoms with Crippen molar-refractivity contribution in [3.05, 3.63) is 437 Å². The molecule has 560 valence electrons. The zero-order valence-corrected chi connectivity index (χ0v) is 66.0. The first-order valence-electron chi connectivity index (χ1n) is 41.1. The van der Waals surface area contributed by atoms with Crippen LogP contribution < -0.4 is 9.80 Å². The largest absolute Gasteiger partial charge is 0.456 e. The van der Waals surface area contributed by atoms with Gasteiger partial charge in [-0.3, -0.25) is 0 Å². The molecule has 0 aliphatic rings. The third-order valence-electron chi connectivity index (χ3n) is 24.7. The monoisotopic (exact) mass is 1540 g/mol. The summed E-state index contributed by atoms with van der Waals surface area (Å²) in [6.07, 6.45) is 0. The summed E-state index contributed by atoms with van der Waals surface area (Å²) in [5.74, 6) is 0. The number of furan rings is 1. The van der Waals surface area contributed by atoms with E-state index in [1.54, 1.807) is 0 Å². The number of benzene rings is 20. The van der Waals surface area contributed by atoms with Crippen LogP contribution in [0, 0.1) is 0 Å². The number of para-hydroxylation sites is 3. The highest BCUT2D eigenvalue weighted by molar-refractivity contribution is 7.26. The van der Waals surface area contributed by atoms with Gasteiger partial charge in [-0.15, -0.1) is 11.3 Å². The molecule has 20 aromatic carbocycles. The lowest BCUT2D eigenvalue weighted by Crippen LogP contribution is -2.10. The van der Waals surface area contributed by atoms with E-state index < -0.39 is 0 Å². The van der Waals surface area contributed by atoms with Crippen LogP contribution in [0.1, 0.15) is 0 Å². The Balaban J connectivity index is 0.553. The van der Waals surface area contributed by atoms with E-state index in [1.165, 1.54) is 141 Å². The van der Waals surface area contributed by atoms with Crippen LogP contribution in [0.2, 0.25) is 0 Å². The lowest BCUT2D eigenvalue weighted by Gasteiger charge is -2.26. The number of nitrogens with zero attached hydrogens (tertiary/aromatic N) is 4. The fourth-order valence-electron chi connectivity index (χ4n) is 18.9. The summed E-state index contributed by atoms with van der Waals surface area (Å²) in [4.78, 5) is 4.80. The van der Waals surface area contributed by atoms with Gasteiger partial charge in [0.15, 0.2) is 0 Å². The fourth-order valence-corrected chi connectivity index (χ4v) is 20.1. The van der Waals surface area contributed by atoms with E-state index in [9.17, 15) is 0 Å². The zero-order chi connectivity index (χ0) is 78.9. The first-order valence-corrected chi connectivity index (χ1v) is 41.9. The van der Waals surface area contributed by atoms with Crippen LogP contribution in [0.4, 0.5) is 34.1 Å². The molecule has 24 rings (SSSR count). The molecule has 0 saturated heterocycles. The van der Waals surface area contributed by atoms with E-state index in [1.807, 2.05) is 23.5 Å². The van der Waals surface area contributed by atoms with Gasteiger partial charge in [0.1, 0.15) is 11.2 Å². The van der Waals surface area contributed by atoms with Crippen LogP contribution in [-0.4, -0.2) is 9.13 Å². The fraction of sp³-hybridized carbons (Fsp3) is 0. The van der Waals surface area contributed by atoms with Gasteiger partial charge >= 0.3 is 0 Å². The third-order valence-corrected chi connectivity index (χ3v) is 25.9. The van der Waals surface area contributed by atoms with E-state index in [0.29, 0.717) is 0 Å². The second-order valence-corrected chi connectivity index (χ2v) is 32.5. The number of anilines is 6. The maximum Gasteiger partial charge on any atom is 0.135 e. The van der Waals surface area contributed by atoms with Gasteiger partial charge in [0.05, 0.1) is 32.5 Å². The van der Waals surface area contributed by atoms with Crippen molar-refractivity contribution in [2.24, 2.45) is 0 Å². The lowest BCUT2D eigenvalue weighted by atomic mass is 9.91. The molecule has 0 atom stereocenters. The van der Waals surface area contributed by atoms with Crippen molar-refractivity contribution >= 4 is 164 Å². The SMILES string of the molecule is c1ccc(-c2ccc(N(c3ccc(-c4ccccc4)cc3)c3ccc(-c4ccc5c(c4)c4ccccc4n5-c4ccc5c6ccc(-c7ccc8c(c7)sc7c(N(c9ccc(-c%10ccccc%10)cc9)c9ccc(-c%10ccc%11c(c%10)c%10ccccc%10n%11-c%10ccc%11oc%12ccccc%12c%11c%10)cc9)cccc78)cc6c6ccccc6c5c4)cc3)cc2)cc1. The molecule has 4 aromatic heterocycles. The Bertz CT molecular complexity index is 8060. The molecule has 5 nitrogen and oxygen atoms in total. The smallest absolute Gasteiger partial charge is 0.135 e. The Morgan fingerprint density at radius 2 is 0.508 bits per heavy atom. The van der Waals surface area contributed by atoms with Gasteiger partial charge in [-0.05, 0) is 251 Å². The molecular weight excluding hydrogens is 1470 g/mol. The molecule has 0 N–H and O–H groups in total. The highest BCUT2D eigenvalue weighted by Crippen LogP contribution is 2.49. The molecule has 120 heavy (non-hydrogen) atoms. The molecule has 0 radical (unpaired) electrons. The highest BCUT2D eigenvalue weighted by Gasteiger charge is 2.24. The zero-order valence-electron chi connectivity index (χ0n) is 65.2. The van der Waals surface area contributed by atoms with E-state index in [2.05, 4.69) is 444 Å². The topological polar surface area (TPSA) is 29.5 Å². The maximum absolute atomic E-state index is 6.27. The van der Waals surface area contributed by atoms with Crippen molar-refractivity contribution in [3.63, 3.8) is 0 Å². The molecular formula is C114H72N4OS. The molecule has 0 aliphatic heterocycles. The number of aromatic nitrogens is 2. The molecule has 0 saturated carbocycles. The molecule has 0 fully saturated rings. The molecule has 24 aromatic rings. The average Bonchev–Trinajstić information content (AvgIpc) is 1.62. The molecule has 0 bridgehead atoms. The van der Waals surface area contributed by atoms with E-state index >= 15 is 0 Å². The quantitative estimate of drug-likeness (QED) is 0.102. The van der Waals surface area contributed by atoms with Crippen molar-refractivity contribution in [2.45, 2.75) is 0 Å². The van der Waals surface area contributed by atoms with Crippen molar-refractivity contribution in [2.75, 3.05) is 9.80 Å². The molecule has 6 heteroatoms. The summed E-state index contributed by atoms with van der Waals surface area (Å²) in [5, 5.41) is 17.0. The Morgan fingerprint density at radius 1 is 0.183 bits per heavy atom. The normalized spacial score (nSPS) is 11.8. The van der Waals surface area contributed by atoms with Crippen LogP contribution in [0.25, 0.3) is 196 Å². The minimum atomic E-state index is 0.891. The van der Waals surface area contributed by atoms with Gasteiger partial charge in [-0.1, -0.05) is 285 Å². The standard InChI is InChI=1S/C114H72N4OS/c1-4-19-73(20-5-1)76-35-49-85(50-36-76)115(86-51-37-77(38-52-86)74-21-6-2-7-22-74)87-53-41-79(42-54-87)81-47-64-108-103(68-81)96-27-12-15-31-106(96)117(108)90-59-63-95-94-61-45-83(67-101(94)92-25-10-11-26-93(92)102(95)71-90)84-46-62-99-100-30-18-33-110(114(100)120-113(99)70-84)116(88-55-39-78(40-56-88)75-23-8-3-9-24-75)89-57-43-80(44-58-89)82-48-65-109-104(69-82)97-28-13-16-32-107(97)118(109)91-60-66-112-105(72-91)98-29-14-17-34-111(98)119-112/h1-72H. The summed E-state index contributed by atoms with van der Waals surface area (Å²) in [6, 6.07) is 161. The second kappa shape index (κ2) is 28.1. The first kappa shape index (κ1) is 68.8. The van der Waals surface area contributed by atoms with Crippen molar-refractivity contribution in [1.82, 2.24) is 9.13 Å². The van der Waals surface area contributed by atoms with Crippen molar-refractivity contribution in [3.8, 4) is 78.1 Å². The Labute approximate surface area is 696 Å². The molecule has 0 unspecified atom stereocenters. The predicted molar refractivity (Wildman–Crippen MR) is 510 cm³/mol. The number of hydrogen-bond donors (Lipinski definition) is 0. The lowest BCUT2D eigenvalue weighted by molar-refractivity contribution is 0.669. The summed E-state index contributed by atoms with van der Waals surface area (Å²) in [6.45, 7) is 0. The average molecular weight is 1550 g/mol. The number of hydrogen-bond acceptors (Lipinski definition) is 4. The van der Waals surface area contributed by atoms with E-state index in [-0.39, 0.29) is 0 Å². The van der Waals surface area contributed by atoms with E-state index in [0.717, 1.165) is 89.6 Å². The van der Waals surface area contributed by atoms with Gasteiger partial charge in [-0.25, -0.2) is 0 Å². The summed E-state index contributed by atoms with van der Waals surface area (Å²) in [5.41, 5.74) is 29.4. The minimum Gasteiger partial charge on any atom is -0.456 e. The third kappa shape index (κ3) is 11.5. The molecule has 0 spiro atoms. The van der Waals surface area contributed by atoms with Gasteiger partial charge in [-0.2, -0.15) is 0 Å². The summed E-state index contributed by atoms with van der Waals surface area (Å²) >= 11 is 1.87. The maximum atomic E-state index is 6.27. The molecule has 0 amide bonds.